The number of carbonyl (C=O) groups is 5. The zero-order valence-electron chi connectivity index (χ0n) is 39.3. The zero-order valence-corrected chi connectivity index (χ0v) is 43.2. The van der Waals surface area contributed by atoms with Gasteiger partial charge in [0.1, 0.15) is 29.6 Å². The maximum atomic E-state index is 14.3. The first-order valence-corrected chi connectivity index (χ1v) is 25.3. The van der Waals surface area contributed by atoms with E-state index < -0.39 is 65.5 Å². The lowest BCUT2D eigenvalue weighted by atomic mass is 9.82. The number of epoxide rings is 1. The summed E-state index contributed by atoms with van der Waals surface area (Å²) in [6.07, 6.45) is 4.60. The average Bonchev–Trinajstić information content (AvgIpc) is 4.00. The number of hydrogen-bond donors (Lipinski definition) is 3. The van der Waals surface area contributed by atoms with Crippen LogP contribution in [0.3, 0.4) is 0 Å². The lowest BCUT2D eigenvalue weighted by Gasteiger charge is -2.41. The topological polar surface area (TPSA) is 193 Å². The molecule has 0 spiro atoms. The molecule has 2 aromatic carbocycles. The summed E-state index contributed by atoms with van der Waals surface area (Å²) >= 11 is 13.7. The molecule has 3 aliphatic heterocycles. The summed E-state index contributed by atoms with van der Waals surface area (Å²) < 4.78 is 18.2. The predicted octanol–water partition coefficient (Wildman–Crippen LogP) is 8.16. The first-order valence-electron chi connectivity index (χ1n) is 22.6. The summed E-state index contributed by atoms with van der Waals surface area (Å²) in [5.74, 6) is -2.61. The number of nitrogens with one attached hydrogen (secondary N) is 2. The van der Waals surface area contributed by atoms with Crippen LogP contribution in [-0.2, 0) is 45.7 Å². The number of alkyl halides is 2. The largest absolute Gasteiger partial charge is 0.457 e. The Labute approximate surface area is 414 Å². The Morgan fingerprint density at radius 1 is 1.07 bits per heavy atom. The van der Waals surface area contributed by atoms with Crippen molar-refractivity contribution in [2.45, 2.75) is 133 Å². The van der Waals surface area contributed by atoms with E-state index >= 15 is 0 Å². The molecule has 1 aromatic heterocycles. The van der Waals surface area contributed by atoms with Crippen LogP contribution in [0.1, 0.15) is 106 Å². The van der Waals surface area contributed by atoms with Crippen LogP contribution in [0, 0.1) is 18.8 Å². The van der Waals surface area contributed by atoms with Crippen molar-refractivity contribution in [2.24, 2.45) is 11.8 Å². The third-order valence-electron chi connectivity index (χ3n) is 13.4. The van der Waals surface area contributed by atoms with Crippen LogP contribution >= 0.6 is 43.5 Å². The van der Waals surface area contributed by atoms with Crippen molar-refractivity contribution in [2.75, 3.05) is 25.5 Å². The number of amides is 4. The third-order valence-corrected chi connectivity index (χ3v) is 14.9. The number of benzene rings is 2. The molecule has 0 aliphatic carbocycles. The molecule has 1 unspecified atom stereocenters. The second kappa shape index (κ2) is 21.9. The minimum absolute atomic E-state index is 0.0526. The van der Waals surface area contributed by atoms with Gasteiger partial charge in [-0.25, -0.2) is 19.6 Å². The van der Waals surface area contributed by atoms with Gasteiger partial charge < -0.3 is 34.4 Å². The Kier molecular flexibility index (Phi) is 17.0. The van der Waals surface area contributed by atoms with Crippen LogP contribution in [0.5, 0.6) is 0 Å². The van der Waals surface area contributed by atoms with E-state index in [2.05, 4.69) is 52.5 Å². The summed E-state index contributed by atoms with van der Waals surface area (Å²) in [7, 11) is 3.16. The minimum Gasteiger partial charge on any atom is -0.457 e. The predicted molar refractivity (Wildman–Crippen MR) is 263 cm³/mol. The number of unbranched alkanes of at least 4 members (excludes halogenated alkanes) is 2. The number of fused-ring (bicyclic) bond motifs is 6. The fraction of sp³-hybridized carbons (Fsp3) is 0.531. The van der Waals surface area contributed by atoms with E-state index in [9.17, 15) is 29.1 Å². The van der Waals surface area contributed by atoms with E-state index in [0.29, 0.717) is 70.2 Å². The van der Waals surface area contributed by atoms with Crippen molar-refractivity contribution < 1.29 is 43.3 Å². The van der Waals surface area contributed by atoms with Crippen molar-refractivity contribution in [1.29, 1.82) is 0 Å². The molecule has 4 heterocycles. The molecule has 18 heteroatoms. The van der Waals surface area contributed by atoms with Gasteiger partial charge in [0.05, 0.1) is 45.7 Å². The van der Waals surface area contributed by atoms with E-state index in [-0.39, 0.29) is 31.1 Å². The molecule has 6 rings (SSSR count). The van der Waals surface area contributed by atoms with E-state index in [1.165, 1.54) is 16.8 Å². The summed E-state index contributed by atoms with van der Waals surface area (Å²) in [6.45, 7) is 11.2. The van der Waals surface area contributed by atoms with Gasteiger partial charge in [-0.15, -0.1) is 0 Å². The molecule has 2 saturated heterocycles. The van der Waals surface area contributed by atoms with Gasteiger partial charge >= 0.3 is 12.1 Å². The fourth-order valence-electron chi connectivity index (χ4n) is 8.70. The smallest absolute Gasteiger partial charge is 0.409 e. The third kappa shape index (κ3) is 12.1. The standard InChI is InChI=1S/C49H61Br2ClN6O9/c1-27-13-12-14-29(3)49(64)24-39(65-47(63)56-49)30(4)44-48(6,67-44)40(23-42(60)58(8)38-21-32(19-27)20-28(2)43(38)52)66-46(62)31(5)57(7)41(59)15-10-9-11-18-53-45(61)33-16-17-34-35(22-33)55-37(26-51)36(25-50)54-34/h12-14,16-17,20-22,29-31,39-40,44,64H,9-11,15,18-19,23-26H2,1-8H3,(H,53,61)(H,56,63)/b14-12+,27-13+/t29-,30-,31-,39+,40+,44?,48+,49+/m1/s1. The summed E-state index contributed by atoms with van der Waals surface area (Å²) in [5, 5.41) is 18.8. The highest BCUT2D eigenvalue weighted by Gasteiger charge is 2.64. The number of aromatic nitrogens is 2. The number of halogens is 3. The first-order chi connectivity index (χ1) is 31.7. The molecule has 15 nitrogen and oxygen atoms in total. The maximum absolute atomic E-state index is 14.3. The summed E-state index contributed by atoms with van der Waals surface area (Å²) in [6, 6.07) is 8.05. The van der Waals surface area contributed by atoms with Crippen LogP contribution in [0.4, 0.5) is 10.5 Å². The van der Waals surface area contributed by atoms with Crippen LogP contribution in [-0.4, -0.2) is 106 Å². The van der Waals surface area contributed by atoms with Gasteiger partial charge in [0.25, 0.3) is 5.91 Å². The number of alkyl carbamates (subject to hydrolysis) is 1. The maximum Gasteiger partial charge on any atom is 0.409 e. The zero-order chi connectivity index (χ0) is 49.0. The quantitative estimate of drug-likeness (QED) is 0.0686. The molecule has 0 saturated carbocycles. The lowest BCUT2D eigenvalue weighted by molar-refractivity contribution is -0.162. The van der Waals surface area contributed by atoms with Crippen LogP contribution < -0.4 is 15.5 Å². The van der Waals surface area contributed by atoms with Crippen molar-refractivity contribution in [1.82, 2.24) is 25.5 Å². The van der Waals surface area contributed by atoms with Crippen molar-refractivity contribution >= 4 is 90.0 Å². The molecule has 4 bridgehead atoms. The number of ether oxygens (including phenoxy) is 3. The molecular formula is C49H61Br2ClN6O9. The van der Waals surface area contributed by atoms with E-state index in [0.717, 1.165) is 28.1 Å². The van der Waals surface area contributed by atoms with Crippen LogP contribution in [0.25, 0.3) is 11.0 Å². The van der Waals surface area contributed by atoms with Crippen LogP contribution in [0.2, 0.25) is 5.02 Å². The van der Waals surface area contributed by atoms with E-state index in [1.807, 2.05) is 58.1 Å². The van der Waals surface area contributed by atoms with Gasteiger partial charge in [-0.05, 0) is 82.3 Å². The Morgan fingerprint density at radius 3 is 2.48 bits per heavy atom. The number of esters is 1. The summed E-state index contributed by atoms with van der Waals surface area (Å²) in [4.78, 5) is 79.6. The van der Waals surface area contributed by atoms with Gasteiger partial charge in [-0.1, -0.05) is 93.6 Å². The number of allylic oxidation sites excluding steroid dienone is 3. The first kappa shape index (κ1) is 52.0. The normalized spacial score (nSPS) is 27.1. The van der Waals surface area contributed by atoms with Gasteiger partial charge in [-0.3, -0.25) is 19.7 Å². The molecule has 4 amide bonds. The Hall–Kier alpha value is -4.42. The second-order valence-corrected chi connectivity index (χ2v) is 19.8. The van der Waals surface area contributed by atoms with Gasteiger partial charge in [0.2, 0.25) is 11.8 Å². The Bertz CT molecular complexity index is 2450. The van der Waals surface area contributed by atoms with Crippen molar-refractivity contribution in [3.63, 3.8) is 0 Å². The minimum atomic E-state index is -1.62. The molecular weight excluding hydrogens is 1010 g/mol. The number of rotatable bonds is 12. The number of nitrogens with zero attached hydrogens (tertiary/aromatic N) is 4. The fourth-order valence-corrected chi connectivity index (χ4v) is 9.83. The van der Waals surface area contributed by atoms with Crippen LogP contribution in [0.15, 0.2) is 54.1 Å². The molecule has 0 radical (unpaired) electrons. The SMILES string of the molecule is C/C1=C\C=C\[C@@H](C)[C@@]2(O)C[C@H](OC(=O)N2)[C@@H](C)C2O[C@@]2(C)[C@@H](OC(=O)[C@@H](C)N(C)C(=O)CCCCCNC(=O)c2ccc3nc(CBr)c(CBr)nc3c2)CC(=O)N(C)c2cc(cc(C)c2Cl)C1. The monoisotopic (exact) mass is 1070 g/mol. The van der Waals surface area contributed by atoms with Gasteiger partial charge in [0.15, 0.2) is 0 Å². The molecule has 67 heavy (non-hydrogen) atoms. The highest BCUT2D eigenvalue weighted by molar-refractivity contribution is 9.09. The number of anilines is 1. The Morgan fingerprint density at radius 2 is 1.78 bits per heavy atom. The molecule has 3 N–H and O–H groups in total. The number of hydrogen-bond acceptors (Lipinski definition) is 11. The molecule has 2 fully saturated rings. The van der Waals surface area contributed by atoms with E-state index in [1.54, 1.807) is 39.1 Å². The number of aryl methyl sites for hydroxylation is 1. The highest BCUT2D eigenvalue weighted by Crippen LogP contribution is 2.49. The van der Waals surface area contributed by atoms with E-state index in [4.69, 9.17) is 25.8 Å². The second-order valence-electron chi connectivity index (χ2n) is 18.3. The average molecular weight is 1070 g/mol. The van der Waals surface area contributed by atoms with Gasteiger partial charge in [0, 0.05) is 61.5 Å². The molecule has 3 aliphatic rings. The number of likely N-dealkylation sites (N-methyl/N-ethyl adjacent to an activating group) is 1. The number of carbonyl (C=O) groups excluding carboxylic acids is 5. The molecule has 362 valence electrons. The van der Waals surface area contributed by atoms with Gasteiger partial charge in [-0.2, -0.15) is 0 Å². The van der Waals surface area contributed by atoms with Crippen molar-refractivity contribution in [3.05, 3.63) is 87.2 Å². The molecule has 8 atom stereocenters. The lowest BCUT2D eigenvalue weighted by Crippen LogP contribution is -2.60. The summed E-state index contributed by atoms with van der Waals surface area (Å²) in [5.41, 5.74) is 3.83. The van der Waals surface area contributed by atoms with Crippen molar-refractivity contribution in [3.8, 4) is 0 Å². The number of aliphatic hydroxyl groups is 1. The molecule has 3 aromatic rings. The Balaban J connectivity index is 1.10. The highest BCUT2D eigenvalue weighted by atomic mass is 79.9.